The Kier molecular flexibility index (Phi) is 3.99. The van der Waals surface area contributed by atoms with Crippen molar-refractivity contribution in [3.8, 4) is 0 Å². The molecule has 0 saturated heterocycles. The molecule has 1 rings (SSSR count). The Morgan fingerprint density at radius 3 is 2.47 bits per heavy atom. The van der Waals surface area contributed by atoms with E-state index in [-0.39, 0.29) is 18.7 Å². The van der Waals surface area contributed by atoms with Crippen LogP contribution in [-0.2, 0) is 4.79 Å². The summed E-state index contributed by atoms with van der Waals surface area (Å²) in [6, 6.07) is -0.716. The Morgan fingerprint density at radius 2 is 1.93 bits per heavy atom. The van der Waals surface area contributed by atoms with E-state index in [1.807, 2.05) is 0 Å². The van der Waals surface area contributed by atoms with E-state index in [1.54, 1.807) is 6.92 Å². The molecule has 0 radical (unpaired) electrons. The van der Waals surface area contributed by atoms with E-state index in [0.717, 1.165) is 6.42 Å². The Morgan fingerprint density at radius 1 is 1.33 bits per heavy atom. The molecule has 2 atom stereocenters. The van der Waals surface area contributed by atoms with Crippen LogP contribution in [0.4, 0.5) is 13.2 Å². The molecule has 5 heteroatoms. The molecule has 0 spiro atoms. The second-order valence-corrected chi connectivity index (χ2v) is 3.96. The lowest BCUT2D eigenvalue weighted by atomic mass is 9.84. The van der Waals surface area contributed by atoms with Crippen molar-refractivity contribution < 1.29 is 18.0 Å². The van der Waals surface area contributed by atoms with Crippen molar-refractivity contribution in [2.45, 2.75) is 51.2 Å². The highest BCUT2D eigenvalue weighted by Gasteiger charge is 2.45. The molecule has 1 amide bonds. The van der Waals surface area contributed by atoms with Gasteiger partial charge in [-0.15, -0.1) is 0 Å². The van der Waals surface area contributed by atoms with Gasteiger partial charge in [0, 0.05) is 12.5 Å². The number of hydrogen-bond donors (Lipinski definition) is 1. The highest BCUT2D eigenvalue weighted by atomic mass is 19.4. The molecule has 0 heterocycles. The van der Waals surface area contributed by atoms with E-state index in [4.69, 9.17) is 0 Å². The fourth-order valence-electron chi connectivity index (χ4n) is 2.00. The average Bonchev–Trinajstić information content (AvgIpc) is 2.17. The Hall–Kier alpha value is -0.740. The van der Waals surface area contributed by atoms with Crippen LogP contribution in [0.1, 0.15) is 39.0 Å². The summed E-state index contributed by atoms with van der Waals surface area (Å²) in [7, 11) is 0. The first-order chi connectivity index (χ1) is 6.95. The molecule has 0 bridgehead atoms. The van der Waals surface area contributed by atoms with Crippen molar-refractivity contribution in [3.63, 3.8) is 0 Å². The summed E-state index contributed by atoms with van der Waals surface area (Å²) in [5, 5.41) is 2.47. The smallest absolute Gasteiger partial charge is 0.353 e. The predicted molar refractivity (Wildman–Crippen MR) is 50.2 cm³/mol. The fraction of sp³-hybridized carbons (Fsp3) is 0.900. The third-order valence-electron chi connectivity index (χ3n) is 2.85. The number of hydrogen-bond acceptors (Lipinski definition) is 1. The van der Waals surface area contributed by atoms with E-state index in [1.165, 1.54) is 0 Å². The van der Waals surface area contributed by atoms with Gasteiger partial charge in [-0.2, -0.15) is 13.2 Å². The van der Waals surface area contributed by atoms with Crippen LogP contribution in [0.5, 0.6) is 0 Å². The highest BCUT2D eigenvalue weighted by molar-refractivity contribution is 5.75. The maximum absolute atomic E-state index is 12.6. The number of alkyl halides is 3. The summed E-state index contributed by atoms with van der Waals surface area (Å²) >= 11 is 0. The number of carbonyl (C=O) groups is 1. The maximum atomic E-state index is 12.6. The zero-order chi connectivity index (χ0) is 11.5. The van der Waals surface area contributed by atoms with Gasteiger partial charge in [-0.05, 0) is 12.8 Å². The summed E-state index contributed by atoms with van der Waals surface area (Å²) in [6.07, 6.45) is -2.01. The molecule has 0 aromatic carbocycles. The van der Waals surface area contributed by atoms with E-state index in [9.17, 15) is 18.0 Å². The second-order valence-electron chi connectivity index (χ2n) is 3.96. The van der Waals surface area contributed by atoms with Gasteiger partial charge in [0.05, 0.1) is 5.92 Å². The van der Waals surface area contributed by atoms with Gasteiger partial charge in [0.25, 0.3) is 0 Å². The molecule has 1 fully saturated rings. The molecule has 0 aromatic rings. The van der Waals surface area contributed by atoms with Crippen LogP contribution in [0.25, 0.3) is 0 Å². The normalized spacial score (nSPS) is 27.5. The van der Waals surface area contributed by atoms with Crippen LogP contribution in [0.15, 0.2) is 0 Å². The topological polar surface area (TPSA) is 29.1 Å². The van der Waals surface area contributed by atoms with Gasteiger partial charge in [-0.25, -0.2) is 0 Å². The first-order valence-corrected chi connectivity index (χ1v) is 5.31. The van der Waals surface area contributed by atoms with Crippen LogP contribution in [0, 0.1) is 5.92 Å². The summed E-state index contributed by atoms with van der Waals surface area (Å²) in [5.74, 6) is -1.65. The molecule has 1 aliphatic rings. The average molecular weight is 223 g/mol. The number of amides is 1. The van der Waals surface area contributed by atoms with E-state index in [2.05, 4.69) is 5.32 Å². The standard InChI is InChI=1S/C10H16F3NO/c1-2-9(15)14-8-6-4-3-5-7(8)10(11,12)13/h7-8H,2-6H2,1H3,(H,14,15). The van der Waals surface area contributed by atoms with Gasteiger partial charge in [0.2, 0.25) is 5.91 Å². The van der Waals surface area contributed by atoms with Crippen LogP contribution in [-0.4, -0.2) is 18.1 Å². The van der Waals surface area contributed by atoms with E-state index >= 15 is 0 Å². The van der Waals surface area contributed by atoms with Crippen molar-refractivity contribution in [2.75, 3.05) is 0 Å². The quantitative estimate of drug-likeness (QED) is 0.766. The van der Waals surface area contributed by atoms with Crippen molar-refractivity contribution in [2.24, 2.45) is 5.92 Å². The van der Waals surface area contributed by atoms with E-state index in [0.29, 0.717) is 12.8 Å². The molecule has 1 saturated carbocycles. The number of rotatable bonds is 2. The zero-order valence-electron chi connectivity index (χ0n) is 8.73. The monoisotopic (exact) mass is 223 g/mol. The Balaban J connectivity index is 2.62. The molecule has 2 unspecified atom stereocenters. The molecule has 1 N–H and O–H groups in total. The van der Waals surface area contributed by atoms with Crippen molar-refractivity contribution in [1.29, 1.82) is 0 Å². The SMILES string of the molecule is CCC(=O)NC1CCCCC1C(F)(F)F. The van der Waals surface area contributed by atoms with Crippen LogP contribution < -0.4 is 5.32 Å². The molecule has 1 aliphatic carbocycles. The van der Waals surface area contributed by atoms with Gasteiger partial charge in [-0.3, -0.25) is 4.79 Å². The number of halogens is 3. The highest BCUT2D eigenvalue weighted by Crippen LogP contribution is 2.37. The predicted octanol–water partition coefficient (Wildman–Crippen LogP) is 2.63. The minimum Gasteiger partial charge on any atom is -0.353 e. The molecular formula is C10H16F3NO. The molecule has 0 aromatic heterocycles. The number of nitrogens with one attached hydrogen (secondary N) is 1. The maximum Gasteiger partial charge on any atom is 0.393 e. The second kappa shape index (κ2) is 4.86. The van der Waals surface area contributed by atoms with Gasteiger partial charge in [-0.1, -0.05) is 19.8 Å². The molecular weight excluding hydrogens is 207 g/mol. The van der Waals surface area contributed by atoms with Gasteiger partial charge in [0.15, 0.2) is 0 Å². The van der Waals surface area contributed by atoms with Crippen LogP contribution in [0.3, 0.4) is 0 Å². The van der Waals surface area contributed by atoms with Crippen molar-refractivity contribution in [1.82, 2.24) is 5.32 Å². The van der Waals surface area contributed by atoms with Crippen LogP contribution >= 0.6 is 0 Å². The zero-order valence-corrected chi connectivity index (χ0v) is 8.73. The van der Waals surface area contributed by atoms with Crippen molar-refractivity contribution in [3.05, 3.63) is 0 Å². The minimum absolute atomic E-state index is 0.137. The summed E-state index contributed by atoms with van der Waals surface area (Å²) < 4.78 is 37.8. The van der Waals surface area contributed by atoms with Gasteiger partial charge in [0.1, 0.15) is 0 Å². The molecule has 0 aliphatic heterocycles. The third-order valence-corrected chi connectivity index (χ3v) is 2.85. The fourth-order valence-corrected chi connectivity index (χ4v) is 2.00. The minimum atomic E-state index is -4.19. The summed E-state index contributed by atoms with van der Waals surface area (Å²) in [4.78, 5) is 11.1. The largest absolute Gasteiger partial charge is 0.393 e. The van der Waals surface area contributed by atoms with Gasteiger partial charge < -0.3 is 5.32 Å². The summed E-state index contributed by atoms with van der Waals surface area (Å²) in [5.41, 5.74) is 0. The first-order valence-electron chi connectivity index (χ1n) is 5.31. The first kappa shape index (κ1) is 12.3. The lowest BCUT2D eigenvalue weighted by Gasteiger charge is -2.33. The number of carbonyl (C=O) groups excluding carboxylic acids is 1. The van der Waals surface area contributed by atoms with Crippen molar-refractivity contribution >= 4 is 5.91 Å². The summed E-state index contributed by atoms with van der Waals surface area (Å²) in [6.45, 7) is 1.64. The van der Waals surface area contributed by atoms with Crippen LogP contribution in [0.2, 0.25) is 0 Å². The van der Waals surface area contributed by atoms with E-state index < -0.39 is 18.1 Å². The Bertz CT molecular complexity index is 227. The lowest BCUT2D eigenvalue weighted by Crippen LogP contribution is -2.47. The van der Waals surface area contributed by atoms with Gasteiger partial charge >= 0.3 is 6.18 Å². The lowest BCUT2D eigenvalue weighted by molar-refractivity contribution is -0.189. The molecule has 15 heavy (non-hydrogen) atoms. The molecule has 88 valence electrons. The third kappa shape index (κ3) is 3.39. The molecule has 2 nitrogen and oxygen atoms in total. The Labute approximate surface area is 87.2 Å².